The van der Waals surface area contributed by atoms with Gasteiger partial charge in [-0.2, -0.15) is 0 Å². The first-order valence-electron chi connectivity index (χ1n) is 8.61. The zero-order chi connectivity index (χ0) is 18.8. The average Bonchev–Trinajstić information content (AvgIpc) is 2.98. The van der Waals surface area contributed by atoms with Gasteiger partial charge in [0.25, 0.3) is 0 Å². The number of hydrogen-bond acceptors (Lipinski definition) is 3. The summed E-state index contributed by atoms with van der Waals surface area (Å²) in [5.74, 6) is 0.460. The van der Waals surface area contributed by atoms with E-state index in [0.717, 1.165) is 5.56 Å². The molecule has 0 fully saturated rings. The van der Waals surface area contributed by atoms with Crippen LogP contribution in [0.4, 0.5) is 4.39 Å². The first-order chi connectivity index (χ1) is 13.1. The topological polar surface area (TPSA) is 35.5 Å². The highest BCUT2D eigenvalue weighted by atomic mass is 19.1. The summed E-state index contributed by atoms with van der Waals surface area (Å²) in [7, 11) is 0. The van der Waals surface area contributed by atoms with E-state index in [9.17, 15) is 9.18 Å². The zero-order valence-corrected chi connectivity index (χ0v) is 14.7. The molecule has 27 heavy (non-hydrogen) atoms. The summed E-state index contributed by atoms with van der Waals surface area (Å²) in [5, 5.41) is 0. The molecule has 1 aliphatic heterocycles. The van der Waals surface area contributed by atoms with Crippen molar-refractivity contribution in [2.75, 3.05) is 0 Å². The summed E-state index contributed by atoms with van der Waals surface area (Å²) in [6, 6.07) is 19.4. The fourth-order valence-corrected chi connectivity index (χ4v) is 2.84. The molecule has 0 atom stereocenters. The van der Waals surface area contributed by atoms with Gasteiger partial charge in [0.05, 0.1) is 5.56 Å². The number of carbonyl (C=O) groups excluding carboxylic acids is 1. The highest BCUT2D eigenvalue weighted by Crippen LogP contribution is 2.35. The number of rotatable bonds is 4. The van der Waals surface area contributed by atoms with E-state index in [1.807, 2.05) is 31.2 Å². The molecule has 3 nitrogen and oxygen atoms in total. The van der Waals surface area contributed by atoms with Gasteiger partial charge in [-0.1, -0.05) is 48.0 Å². The molecule has 0 spiro atoms. The van der Waals surface area contributed by atoms with E-state index in [-0.39, 0.29) is 11.5 Å². The van der Waals surface area contributed by atoms with Crippen molar-refractivity contribution in [1.82, 2.24) is 0 Å². The molecule has 0 saturated heterocycles. The van der Waals surface area contributed by atoms with Crippen molar-refractivity contribution in [3.05, 3.63) is 101 Å². The minimum absolute atomic E-state index is 0.103. The van der Waals surface area contributed by atoms with Gasteiger partial charge < -0.3 is 9.47 Å². The largest absolute Gasteiger partial charge is 0.489 e. The van der Waals surface area contributed by atoms with Crippen LogP contribution >= 0.6 is 0 Å². The highest BCUT2D eigenvalue weighted by Gasteiger charge is 2.28. The normalized spacial score (nSPS) is 14.1. The predicted octanol–water partition coefficient (Wildman–Crippen LogP) is 5.33. The van der Waals surface area contributed by atoms with Gasteiger partial charge in [0.1, 0.15) is 23.9 Å². The summed E-state index contributed by atoms with van der Waals surface area (Å²) >= 11 is 0. The molecule has 3 aromatic rings. The predicted molar refractivity (Wildman–Crippen MR) is 101 cm³/mol. The van der Waals surface area contributed by atoms with E-state index in [2.05, 4.69) is 0 Å². The van der Waals surface area contributed by atoms with Gasteiger partial charge in [0, 0.05) is 11.6 Å². The third-order valence-corrected chi connectivity index (χ3v) is 4.36. The Kier molecular flexibility index (Phi) is 4.47. The molecule has 0 bridgehead atoms. The molecule has 0 amide bonds. The molecule has 0 radical (unpaired) electrons. The third kappa shape index (κ3) is 3.60. The maximum Gasteiger partial charge on any atom is 0.231 e. The van der Waals surface area contributed by atoms with Crippen LogP contribution in [0.2, 0.25) is 0 Å². The first kappa shape index (κ1) is 17.0. The van der Waals surface area contributed by atoms with Crippen LogP contribution in [0.1, 0.15) is 27.0 Å². The Morgan fingerprint density at radius 3 is 2.59 bits per heavy atom. The van der Waals surface area contributed by atoms with E-state index in [1.54, 1.807) is 36.4 Å². The van der Waals surface area contributed by atoms with E-state index < -0.39 is 5.82 Å². The Morgan fingerprint density at radius 1 is 1.04 bits per heavy atom. The van der Waals surface area contributed by atoms with Gasteiger partial charge in [-0.05, 0) is 36.8 Å². The lowest BCUT2D eigenvalue weighted by Crippen LogP contribution is -1.98. The lowest BCUT2D eigenvalue weighted by atomic mass is 10.1. The molecule has 1 aliphatic rings. The van der Waals surface area contributed by atoms with Crippen molar-refractivity contribution in [3.63, 3.8) is 0 Å². The molecule has 0 N–H and O–H groups in total. The van der Waals surface area contributed by atoms with Crippen LogP contribution < -0.4 is 9.47 Å². The Morgan fingerprint density at radius 2 is 1.81 bits per heavy atom. The second-order valence-corrected chi connectivity index (χ2v) is 6.39. The summed E-state index contributed by atoms with van der Waals surface area (Å²) in [4.78, 5) is 12.5. The van der Waals surface area contributed by atoms with Crippen molar-refractivity contribution in [3.8, 4) is 11.5 Å². The monoisotopic (exact) mass is 360 g/mol. The molecule has 4 rings (SSSR count). The van der Waals surface area contributed by atoms with Gasteiger partial charge in [-0.3, -0.25) is 4.79 Å². The number of aryl methyl sites for hydroxylation is 1. The molecule has 134 valence electrons. The van der Waals surface area contributed by atoms with Gasteiger partial charge in [-0.15, -0.1) is 0 Å². The van der Waals surface area contributed by atoms with Crippen LogP contribution in [0.5, 0.6) is 11.5 Å². The quantitative estimate of drug-likeness (QED) is 0.590. The van der Waals surface area contributed by atoms with Crippen LogP contribution in [0.3, 0.4) is 0 Å². The third-order valence-electron chi connectivity index (χ3n) is 4.36. The fraction of sp³-hybridized carbons (Fsp3) is 0.0870. The Bertz CT molecular complexity index is 1040. The van der Waals surface area contributed by atoms with Gasteiger partial charge >= 0.3 is 0 Å². The molecular weight excluding hydrogens is 343 g/mol. The molecule has 3 aromatic carbocycles. The van der Waals surface area contributed by atoms with Crippen molar-refractivity contribution in [1.29, 1.82) is 0 Å². The molecule has 0 aromatic heterocycles. The standard InChI is InChI=1S/C23H17FO3/c1-15-6-8-16(9-7-15)14-26-18-10-11-19-21(13-18)27-22(23(19)25)12-17-4-2-3-5-20(17)24/h2-13H,14H2,1H3. The van der Waals surface area contributed by atoms with Crippen molar-refractivity contribution in [2.45, 2.75) is 13.5 Å². The van der Waals surface area contributed by atoms with Crippen molar-refractivity contribution in [2.24, 2.45) is 0 Å². The van der Waals surface area contributed by atoms with E-state index in [4.69, 9.17) is 9.47 Å². The summed E-state index contributed by atoms with van der Waals surface area (Å²) < 4.78 is 25.3. The van der Waals surface area contributed by atoms with Gasteiger partial charge in [0.15, 0.2) is 5.76 Å². The van der Waals surface area contributed by atoms with E-state index in [1.165, 1.54) is 17.7 Å². The molecular formula is C23H17FO3. The number of Topliss-reactive ketones (excluding diaryl/α,β-unsaturated/α-hetero) is 1. The van der Waals surface area contributed by atoms with Crippen LogP contribution in [-0.2, 0) is 6.61 Å². The zero-order valence-electron chi connectivity index (χ0n) is 14.7. The number of benzene rings is 3. The molecule has 4 heteroatoms. The maximum absolute atomic E-state index is 13.8. The number of fused-ring (bicyclic) bond motifs is 1. The van der Waals surface area contributed by atoms with Gasteiger partial charge in [0.2, 0.25) is 5.78 Å². The smallest absolute Gasteiger partial charge is 0.231 e. The Labute approximate surface area is 156 Å². The van der Waals surface area contributed by atoms with Crippen LogP contribution in [0, 0.1) is 12.7 Å². The van der Waals surface area contributed by atoms with Crippen molar-refractivity contribution < 1.29 is 18.7 Å². The lowest BCUT2D eigenvalue weighted by molar-refractivity contribution is 0.101. The van der Waals surface area contributed by atoms with E-state index >= 15 is 0 Å². The number of ketones is 1. The SMILES string of the molecule is Cc1ccc(COc2ccc3c(c2)OC(=Cc2ccccc2F)C3=O)cc1. The minimum Gasteiger partial charge on any atom is -0.489 e. The molecule has 0 unspecified atom stereocenters. The minimum atomic E-state index is -0.403. The lowest BCUT2D eigenvalue weighted by Gasteiger charge is -2.07. The fourth-order valence-electron chi connectivity index (χ4n) is 2.84. The Balaban J connectivity index is 1.52. The molecule has 0 aliphatic carbocycles. The average molecular weight is 360 g/mol. The van der Waals surface area contributed by atoms with E-state index in [0.29, 0.717) is 29.2 Å². The summed E-state index contributed by atoms with van der Waals surface area (Å²) in [6.07, 6.45) is 1.42. The second-order valence-electron chi connectivity index (χ2n) is 6.39. The van der Waals surface area contributed by atoms with Crippen LogP contribution in [0.15, 0.2) is 72.5 Å². The molecule has 0 saturated carbocycles. The number of allylic oxidation sites excluding steroid dienone is 1. The number of carbonyl (C=O) groups is 1. The number of hydrogen-bond donors (Lipinski definition) is 0. The highest BCUT2D eigenvalue weighted by molar-refractivity contribution is 6.14. The van der Waals surface area contributed by atoms with Gasteiger partial charge in [-0.25, -0.2) is 4.39 Å². The van der Waals surface area contributed by atoms with Crippen LogP contribution in [-0.4, -0.2) is 5.78 Å². The number of halogens is 1. The number of ether oxygens (including phenoxy) is 2. The Hall–Kier alpha value is -3.40. The maximum atomic E-state index is 13.8. The summed E-state index contributed by atoms with van der Waals surface area (Å²) in [5.41, 5.74) is 3.00. The second kappa shape index (κ2) is 7.08. The van der Waals surface area contributed by atoms with Crippen LogP contribution in [0.25, 0.3) is 6.08 Å². The summed E-state index contributed by atoms with van der Waals surface area (Å²) in [6.45, 7) is 2.46. The molecule has 1 heterocycles. The first-order valence-corrected chi connectivity index (χ1v) is 8.61. The van der Waals surface area contributed by atoms with Crippen molar-refractivity contribution >= 4 is 11.9 Å².